The number of alkyl halides is 3. The van der Waals surface area contributed by atoms with Gasteiger partial charge in [-0.1, -0.05) is 0 Å². The van der Waals surface area contributed by atoms with Crippen molar-refractivity contribution in [3.8, 4) is 0 Å². The van der Waals surface area contributed by atoms with E-state index in [2.05, 4.69) is 22.1 Å². The van der Waals surface area contributed by atoms with Crippen LogP contribution in [0.4, 0.5) is 13.2 Å². The first kappa shape index (κ1) is 25.0. The SMILES string of the molecule is CN1C[C@]2(COCC1=O)CN(C(=O)c1ccn[nH]1)C[C@H]2N(C)CC1CC1.O=C(O)C(F)(F)F. The standard InChI is InChI=1S/C18H27N5O3.C2HF3O2/c1-21(7-13-3-4-13)15-8-23(17(25)14-5-6-19-20-14)11-18(15)10-22(2)16(24)9-26-12-18;3-2(4,5)1(6)7/h5-6,13,15H,3-4,7-12H2,1-2H3,(H,19,20);(H,6,7)/t15-,18-;/m1./s1. The second-order valence-electron chi connectivity index (χ2n) is 8.96. The monoisotopic (exact) mass is 475 g/mol. The molecule has 1 spiro atoms. The van der Waals surface area contributed by atoms with Crippen LogP contribution in [0.25, 0.3) is 0 Å². The molecule has 4 rings (SSSR count). The van der Waals surface area contributed by atoms with Gasteiger partial charge >= 0.3 is 12.1 Å². The average molecular weight is 475 g/mol. The molecule has 1 saturated carbocycles. The lowest BCUT2D eigenvalue weighted by molar-refractivity contribution is -0.192. The van der Waals surface area contributed by atoms with Crippen LogP contribution in [0.5, 0.6) is 0 Å². The van der Waals surface area contributed by atoms with E-state index in [9.17, 15) is 22.8 Å². The normalized spacial score (nSPS) is 25.8. The third-order valence-corrected chi connectivity index (χ3v) is 6.23. The van der Waals surface area contributed by atoms with Crippen LogP contribution >= 0.6 is 0 Å². The van der Waals surface area contributed by atoms with E-state index in [1.54, 1.807) is 17.2 Å². The minimum absolute atomic E-state index is 0.00353. The molecule has 3 fully saturated rings. The van der Waals surface area contributed by atoms with E-state index in [4.69, 9.17) is 14.6 Å². The highest BCUT2D eigenvalue weighted by atomic mass is 19.4. The molecule has 2 atom stereocenters. The number of halogens is 3. The minimum Gasteiger partial charge on any atom is -0.475 e. The van der Waals surface area contributed by atoms with Crippen LogP contribution in [0.3, 0.4) is 0 Å². The number of rotatable bonds is 4. The third kappa shape index (κ3) is 6.02. The molecule has 10 nitrogen and oxygen atoms in total. The van der Waals surface area contributed by atoms with Gasteiger partial charge in [0.1, 0.15) is 12.3 Å². The summed E-state index contributed by atoms with van der Waals surface area (Å²) < 4.78 is 37.5. The summed E-state index contributed by atoms with van der Waals surface area (Å²) in [6, 6.07) is 1.87. The predicted molar refractivity (Wildman–Crippen MR) is 108 cm³/mol. The van der Waals surface area contributed by atoms with Crippen LogP contribution in [-0.2, 0) is 14.3 Å². The Morgan fingerprint density at radius 1 is 1.36 bits per heavy atom. The fraction of sp³-hybridized carbons (Fsp3) is 0.700. The fourth-order valence-corrected chi connectivity index (χ4v) is 4.45. The van der Waals surface area contributed by atoms with Crippen LogP contribution in [0.1, 0.15) is 23.3 Å². The lowest BCUT2D eigenvalue weighted by Crippen LogP contribution is -2.53. The molecule has 1 aromatic heterocycles. The number of amides is 2. The van der Waals surface area contributed by atoms with E-state index in [1.165, 1.54) is 12.8 Å². The Kier molecular flexibility index (Phi) is 7.32. The molecular weight excluding hydrogens is 447 g/mol. The highest BCUT2D eigenvalue weighted by molar-refractivity contribution is 5.92. The maximum Gasteiger partial charge on any atom is 0.490 e. The minimum atomic E-state index is -5.08. The Morgan fingerprint density at radius 3 is 2.58 bits per heavy atom. The van der Waals surface area contributed by atoms with E-state index in [0.717, 1.165) is 12.5 Å². The predicted octanol–water partition coefficient (Wildman–Crippen LogP) is 0.684. The van der Waals surface area contributed by atoms with Gasteiger partial charge in [0.2, 0.25) is 5.91 Å². The van der Waals surface area contributed by atoms with Crippen LogP contribution < -0.4 is 0 Å². The molecular formula is C20H28F3N5O5. The number of likely N-dealkylation sites (N-methyl/N-ethyl adjacent to an activating group) is 2. The number of aromatic nitrogens is 2. The third-order valence-electron chi connectivity index (χ3n) is 6.23. The summed E-state index contributed by atoms with van der Waals surface area (Å²) in [7, 11) is 3.97. The van der Waals surface area contributed by atoms with Gasteiger partial charge in [-0.15, -0.1) is 0 Å². The van der Waals surface area contributed by atoms with Gasteiger partial charge in [0.25, 0.3) is 5.91 Å². The summed E-state index contributed by atoms with van der Waals surface area (Å²) in [5, 5.41) is 13.8. The Balaban J connectivity index is 0.000000383. The number of aromatic amines is 1. The zero-order valence-corrected chi connectivity index (χ0v) is 18.5. The van der Waals surface area contributed by atoms with E-state index < -0.39 is 12.1 Å². The molecule has 0 unspecified atom stereocenters. The number of hydrogen-bond acceptors (Lipinski definition) is 6. The van der Waals surface area contributed by atoms with E-state index in [0.29, 0.717) is 31.9 Å². The Morgan fingerprint density at radius 2 is 2.03 bits per heavy atom. The molecule has 184 valence electrons. The second kappa shape index (κ2) is 9.67. The van der Waals surface area contributed by atoms with Gasteiger partial charge in [-0.3, -0.25) is 14.7 Å². The molecule has 3 aliphatic rings. The van der Waals surface area contributed by atoms with E-state index in [-0.39, 0.29) is 29.9 Å². The molecule has 33 heavy (non-hydrogen) atoms. The summed E-state index contributed by atoms with van der Waals surface area (Å²) in [6.45, 7) is 3.49. The number of ether oxygens (including phenoxy) is 1. The smallest absolute Gasteiger partial charge is 0.475 e. The number of H-pyrrole nitrogens is 1. The molecule has 1 aliphatic carbocycles. The van der Waals surface area contributed by atoms with Crippen LogP contribution in [-0.4, -0.2) is 113 Å². The lowest BCUT2D eigenvalue weighted by Gasteiger charge is -2.39. The van der Waals surface area contributed by atoms with Gasteiger partial charge in [0, 0.05) is 50.9 Å². The van der Waals surface area contributed by atoms with Crippen molar-refractivity contribution < 1.29 is 37.4 Å². The van der Waals surface area contributed by atoms with E-state index >= 15 is 0 Å². The summed E-state index contributed by atoms with van der Waals surface area (Å²) in [5.41, 5.74) is 0.241. The van der Waals surface area contributed by atoms with Crippen molar-refractivity contribution in [3.05, 3.63) is 18.0 Å². The number of likely N-dealkylation sites (tertiary alicyclic amines) is 1. The molecule has 13 heteroatoms. The second-order valence-corrected chi connectivity index (χ2v) is 8.96. The number of carbonyl (C=O) groups is 3. The molecule has 1 aromatic rings. The number of aliphatic carboxylic acids is 1. The van der Waals surface area contributed by atoms with Gasteiger partial charge in [0.15, 0.2) is 0 Å². The van der Waals surface area contributed by atoms with Crippen LogP contribution in [0.15, 0.2) is 12.3 Å². The number of hydrogen-bond donors (Lipinski definition) is 2. The molecule has 0 radical (unpaired) electrons. The maximum atomic E-state index is 12.9. The first-order valence-electron chi connectivity index (χ1n) is 10.5. The highest BCUT2D eigenvalue weighted by Gasteiger charge is 2.52. The van der Waals surface area contributed by atoms with Crippen molar-refractivity contribution in [1.82, 2.24) is 24.9 Å². The molecule has 2 aliphatic heterocycles. The first-order chi connectivity index (χ1) is 15.4. The zero-order valence-electron chi connectivity index (χ0n) is 18.5. The van der Waals surface area contributed by atoms with Gasteiger partial charge in [-0.05, 0) is 31.9 Å². The van der Waals surface area contributed by atoms with Gasteiger partial charge in [-0.2, -0.15) is 18.3 Å². The zero-order chi connectivity index (χ0) is 24.4. The number of nitrogens with one attached hydrogen (secondary N) is 1. The van der Waals surface area contributed by atoms with E-state index in [1.807, 2.05) is 11.9 Å². The molecule has 2 N–H and O–H groups in total. The number of carboxylic acid groups (broad SMARTS) is 1. The maximum absolute atomic E-state index is 12.9. The van der Waals surface area contributed by atoms with Gasteiger partial charge in [-0.25, -0.2) is 4.79 Å². The van der Waals surface area contributed by atoms with Crippen LogP contribution in [0.2, 0.25) is 0 Å². The molecule has 2 amide bonds. The van der Waals surface area contributed by atoms with Crippen molar-refractivity contribution in [2.45, 2.75) is 25.1 Å². The average Bonchev–Trinajstić information content (AvgIpc) is 3.26. The summed E-state index contributed by atoms with van der Waals surface area (Å²) in [4.78, 5) is 39.9. The van der Waals surface area contributed by atoms with Crippen molar-refractivity contribution in [2.24, 2.45) is 11.3 Å². The Hall–Kier alpha value is -2.67. The van der Waals surface area contributed by atoms with Crippen molar-refractivity contribution in [2.75, 3.05) is 53.5 Å². The molecule has 3 heterocycles. The summed E-state index contributed by atoms with van der Waals surface area (Å²) in [6.07, 6.45) is -0.914. The van der Waals surface area contributed by atoms with Gasteiger partial charge < -0.3 is 24.5 Å². The molecule has 0 aromatic carbocycles. The highest BCUT2D eigenvalue weighted by Crippen LogP contribution is 2.39. The first-order valence-corrected chi connectivity index (χ1v) is 10.5. The Labute approximate surface area is 188 Å². The fourth-order valence-electron chi connectivity index (χ4n) is 4.45. The number of nitrogens with zero attached hydrogens (tertiary/aromatic N) is 4. The van der Waals surface area contributed by atoms with Gasteiger partial charge in [0.05, 0.1) is 6.61 Å². The number of carboxylic acids is 1. The van der Waals surface area contributed by atoms with Crippen molar-refractivity contribution in [3.63, 3.8) is 0 Å². The number of carbonyl (C=O) groups excluding carboxylic acids is 2. The Bertz CT molecular complexity index is 861. The summed E-state index contributed by atoms with van der Waals surface area (Å²) in [5.74, 6) is -2.03. The topological polar surface area (TPSA) is 119 Å². The van der Waals surface area contributed by atoms with Crippen molar-refractivity contribution >= 4 is 17.8 Å². The summed E-state index contributed by atoms with van der Waals surface area (Å²) >= 11 is 0. The quantitative estimate of drug-likeness (QED) is 0.658. The molecule has 0 bridgehead atoms. The largest absolute Gasteiger partial charge is 0.490 e. The lowest BCUT2D eigenvalue weighted by atomic mass is 9.82. The van der Waals surface area contributed by atoms with Crippen LogP contribution in [0, 0.1) is 11.3 Å². The van der Waals surface area contributed by atoms with Crippen molar-refractivity contribution in [1.29, 1.82) is 0 Å². The molecule has 2 saturated heterocycles.